The van der Waals surface area contributed by atoms with Gasteiger partial charge in [-0.1, -0.05) is 30.3 Å². The maximum Gasteiger partial charge on any atom is 0.243 e. The lowest BCUT2D eigenvalue weighted by atomic mass is 10.0. The second-order valence-corrected chi connectivity index (χ2v) is 10.4. The van der Waals surface area contributed by atoms with Gasteiger partial charge in [-0.3, -0.25) is 4.79 Å². The zero-order valence-electron chi connectivity index (χ0n) is 19.4. The molecule has 9 heteroatoms. The van der Waals surface area contributed by atoms with Crippen LogP contribution in [0.4, 0.5) is 4.39 Å². The van der Waals surface area contributed by atoms with Gasteiger partial charge in [0.2, 0.25) is 10.0 Å². The van der Waals surface area contributed by atoms with Crippen molar-refractivity contribution in [2.24, 2.45) is 0 Å². The van der Waals surface area contributed by atoms with Crippen LogP contribution in [0.15, 0.2) is 90.0 Å². The second kappa shape index (κ2) is 10.1. The molecule has 0 atom stereocenters. The molecule has 3 aromatic carbocycles. The van der Waals surface area contributed by atoms with E-state index in [1.54, 1.807) is 41.2 Å². The van der Waals surface area contributed by atoms with Gasteiger partial charge in [0.15, 0.2) is 5.78 Å². The molecule has 184 valence electrons. The lowest BCUT2D eigenvalue weighted by Gasteiger charge is -2.26. The van der Waals surface area contributed by atoms with E-state index in [9.17, 15) is 17.6 Å². The molecule has 0 bridgehead atoms. The number of aromatic nitrogens is 2. The summed E-state index contributed by atoms with van der Waals surface area (Å²) in [6.45, 7) is 1.31. The quantitative estimate of drug-likeness (QED) is 0.353. The van der Waals surface area contributed by atoms with Crippen molar-refractivity contribution in [2.45, 2.75) is 11.3 Å². The molecule has 0 N–H and O–H groups in total. The van der Waals surface area contributed by atoms with Gasteiger partial charge in [0.25, 0.3) is 0 Å². The van der Waals surface area contributed by atoms with Crippen LogP contribution in [-0.2, 0) is 21.2 Å². The average Bonchev–Trinajstić information content (AvgIpc) is 3.36. The fourth-order valence-electron chi connectivity index (χ4n) is 4.14. The number of hydrogen-bond donors (Lipinski definition) is 0. The number of carbonyl (C=O) groups is 1. The first-order valence-corrected chi connectivity index (χ1v) is 13.0. The van der Waals surface area contributed by atoms with E-state index in [1.807, 2.05) is 30.3 Å². The van der Waals surface area contributed by atoms with Crippen LogP contribution in [0, 0.1) is 5.82 Å². The van der Waals surface area contributed by atoms with Crippen LogP contribution in [0.5, 0.6) is 0 Å². The van der Waals surface area contributed by atoms with E-state index in [2.05, 4.69) is 5.10 Å². The molecule has 1 fully saturated rings. The monoisotopic (exact) mass is 505 g/mol. The maximum atomic E-state index is 13.5. The van der Waals surface area contributed by atoms with Crippen LogP contribution in [-0.4, -0.2) is 54.6 Å². The van der Waals surface area contributed by atoms with Crippen molar-refractivity contribution in [3.63, 3.8) is 0 Å². The van der Waals surface area contributed by atoms with Gasteiger partial charge in [-0.2, -0.15) is 9.40 Å². The number of carbonyl (C=O) groups excluding carboxylic acids is 1. The molecular formula is C27H24FN3O4S. The summed E-state index contributed by atoms with van der Waals surface area (Å²) in [5.41, 5.74) is 2.76. The summed E-state index contributed by atoms with van der Waals surface area (Å²) in [7, 11) is -3.68. The largest absolute Gasteiger partial charge is 0.379 e. The van der Waals surface area contributed by atoms with E-state index >= 15 is 0 Å². The third-order valence-electron chi connectivity index (χ3n) is 6.02. The number of sulfonamides is 1. The van der Waals surface area contributed by atoms with Crippen molar-refractivity contribution >= 4 is 15.8 Å². The summed E-state index contributed by atoms with van der Waals surface area (Å²) in [5, 5.41) is 4.62. The van der Waals surface area contributed by atoms with Crippen molar-refractivity contribution in [3.8, 4) is 16.9 Å². The minimum absolute atomic E-state index is 0.0127. The zero-order valence-corrected chi connectivity index (χ0v) is 20.2. The van der Waals surface area contributed by atoms with Crippen LogP contribution in [0.3, 0.4) is 0 Å². The van der Waals surface area contributed by atoms with Crippen LogP contribution in [0.25, 0.3) is 16.9 Å². The first-order valence-electron chi connectivity index (χ1n) is 11.5. The molecule has 0 amide bonds. The second-order valence-electron chi connectivity index (χ2n) is 8.44. The molecule has 0 radical (unpaired) electrons. The van der Waals surface area contributed by atoms with Crippen LogP contribution in [0.2, 0.25) is 0 Å². The molecular weight excluding hydrogens is 481 g/mol. The summed E-state index contributed by atoms with van der Waals surface area (Å²) in [6.07, 6.45) is 1.64. The standard InChI is InChI=1S/C27H24FN3O4S/c28-22-11-9-21(10-12-22)27-25(19-31(29-27)23-6-2-1-3-7-23)26(32)18-20-5-4-8-24(17-20)36(33,34)30-13-15-35-16-14-30/h1-12,17,19H,13-16,18H2. The van der Waals surface area contributed by atoms with Gasteiger partial charge in [0.05, 0.1) is 29.4 Å². The normalized spacial score (nSPS) is 14.6. The molecule has 0 saturated carbocycles. The lowest BCUT2D eigenvalue weighted by molar-refractivity contribution is 0.0730. The average molecular weight is 506 g/mol. The highest BCUT2D eigenvalue weighted by molar-refractivity contribution is 7.89. The minimum Gasteiger partial charge on any atom is -0.379 e. The summed E-state index contributed by atoms with van der Waals surface area (Å²) < 4.78 is 47.9. The molecule has 0 spiro atoms. The maximum absolute atomic E-state index is 13.5. The minimum atomic E-state index is -3.68. The highest BCUT2D eigenvalue weighted by atomic mass is 32.2. The summed E-state index contributed by atoms with van der Waals surface area (Å²) in [4.78, 5) is 13.6. The predicted molar refractivity (Wildman–Crippen MR) is 133 cm³/mol. The molecule has 7 nitrogen and oxygen atoms in total. The van der Waals surface area contributed by atoms with E-state index in [4.69, 9.17) is 4.74 Å². The molecule has 0 unspecified atom stereocenters. The smallest absolute Gasteiger partial charge is 0.243 e. The summed E-state index contributed by atoms with van der Waals surface area (Å²) in [6, 6.07) is 21.6. The molecule has 4 aromatic rings. The number of benzene rings is 3. The van der Waals surface area contributed by atoms with Crippen molar-refractivity contribution in [1.29, 1.82) is 0 Å². The van der Waals surface area contributed by atoms with Gasteiger partial charge in [-0.05, 0) is 54.1 Å². The first kappa shape index (κ1) is 24.1. The third kappa shape index (κ3) is 4.99. The van der Waals surface area contributed by atoms with E-state index < -0.39 is 10.0 Å². The highest BCUT2D eigenvalue weighted by Crippen LogP contribution is 2.26. The van der Waals surface area contributed by atoms with Crippen molar-refractivity contribution in [2.75, 3.05) is 26.3 Å². The van der Waals surface area contributed by atoms with Gasteiger partial charge in [0, 0.05) is 31.3 Å². The number of hydrogen-bond acceptors (Lipinski definition) is 5. The SMILES string of the molecule is O=C(Cc1cccc(S(=O)(=O)N2CCOCC2)c1)c1cn(-c2ccccc2)nc1-c1ccc(F)cc1. The third-order valence-corrected chi connectivity index (χ3v) is 7.92. The van der Waals surface area contributed by atoms with E-state index in [1.165, 1.54) is 22.5 Å². The summed E-state index contributed by atoms with van der Waals surface area (Å²) in [5.74, 6) is -0.607. The highest BCUT2D eigenvalue weighted by Gasteiger charge is 2.27. The number of rotatable bonds is 7. The van der Waals surface area contributed by atoms with Crippen LogP contribution < -0.4 is 0 Å². The zero-order chi connectivity index (χ0) is 25.1. The van der Waals surface area contributed by atoms with Crippen molar-refractivity contribution < 1.29 is 22.3 Å². The topological polar surface area (TPSA) is 81.5 Å². The van der Waals surface area contributed by atoms with E-state index in [0.29, 0.717) is 48.7 Å². The van der Waals surface area contributed by atoms with Gasteiger partial charge in [-0.25, -0.2) is 17.5 Å². The Balaban J connectivity index is 1.47. The van der Waals surface area contributed by atoms with Gasteiger partial charge >= 0.3 is 0 Å². The van der Waals surface area contributed by atoms with Gasteiger partial charge < -0.3 is 4.74 Å². The fourth-order valence-corrected chi connectivity index (χ4v) is 5.62. The van der Waals surface area contributed by atoms with Gasteiger partial charge in [0.1, 0.15) is 11.5 Å². The Labute approximate surface area is 208 Å². The Hall–Kier alpha value is -3.66. The number of Topliss-reactive ketones (excluding diaryl/α,β-unsaturated/α-hetero) is 1. The number of nitrogens with zero attached hydrogens (tertiary/aromatic N) is 3. The molecule has 0 aliphatic carbocycles. The predicted octanol–water partition coefficient (Wildman–Crippen LogP) is 4.12. The Morgan fingerprint density at radius 1 is 0.944 bits per heavy atom. The number of morpholine rings is 1. The Morgan fingerprint density at radius 3 is 2.39 bits per heavy atom. The van der Waals surface area contributed by atoms with Crippen LogP contribution >= 0.6 is 0 Å². The Morgan fingerprint density at radius 2 is 1.67 bits per heavy atom. The van der Waals surface area contributed by atoms with Crippen molar-refractivity contribution in [3.05, 3.63) is 102 Å². The van der Waals surface area contributed by atoms with Gasteiger partial charge in [-0.15, -0.1) is 0 Å². The first-order chi connectivity index (χ1) is 17.4. The van der Waals surface area contributed by atoms with E-state index in [-0.39, 0.29) is 22.9 Å². The van der Waals surface area contributed by atoms with Crippen molar-refractivity contribution in [1.82, 2.24) is 14.1 Å². The van der Waals surface area contributed by atoms with E-state index in [0.717, 1.165) is 5.69 Å². The Bertz CT molecular complexity index is 1480. The molecule has 1 saturated heterocycles. The van der Waals surface area contributed by atoms with Crippen LogP contribution in [0.1, 0.15) is 15.9 Å². The molecule has 1 aliphatic rings. The fraction of sp³-hybridized carbons (Fsp3) is 0.185. The lowest BCUT2D eigenvalue weighted by Crippen LogP contribution is -2.40. The number of ketones is 1. The molecule has 1 aliphatic heterocycles. The number of ether oxygens (including phenoxy) is 1. The number of halogens is 1. The molecule has 36 heavy (non-hydrogen) atoms. The molecule has 1 aromatic heterocycles. The number of para-hydroxylation sites is 1. The Kier molecular flexibility index (Phi) is 6.77. The molecule has 5 rings (SSSR count). The molecule has 2 heterocycles. The summed E-state index contributed by atoms with van der Waals surface area (Å²) >= 11 is 0.